The monoisotopic (exact) mass is 274 g/mol. The normalized spacial score (nSPS) is 23.8. The van der Waals surface area contributed by atoms with E-state index < -0.39 is 23.7 Å². The number of carboxylic acids is 1. The highest BCUT2D eigenvalue weighted by molar-refractivity contribution is 5.88. The largest absolute Gasteiger partial charge is 0.502 e. The Balaban J connectivity index is 2.61. The third kappa shape index (κ3) is 1.68. The van der Waals surface area contributed by atoms with Crippen LogP contribution in [0.2, 0.25) is 0 Å². The summed E-state index contributed by atoms with van der Waals surface area (Å²) in [7, 11) is 2.47. The minimum absolute atomic E-state index is 0.113. The number of benzene rings is 1. The highest BCUT2D eigenvalue weighted by Crippen LogP contribution is 2.63. The summed E-state index contributed by atoms with van der Waals surface area (Å²) in [5, 5.41) is 18.7. The predicted molar refractivity (Wildman–Crippen MR) is 60.1 cm³/mol. The Bertz CT molecular complexity index is 518. The van der Waals surface area contributed by atoms with Gasteiger partial charge in [-0.15, -0.1) is 0 Å². The molecule has 2 N–H and O–H groups in total. The summed E-state index contributed by atoms with van der Waals surface area (Å²) in [6.45, 7) is 0. The van der Waals surface area contributed by atoms with Crippen molar-refractivity contribution in [2.24, 2.45) is 0 Å². The van der Waals surface area contributed by atoms with E-state index in [2.05, 4.69) is 0 Å². The van der Waals surface area contributed by atoms with Gasteiger partial charge >= 0.3 is 5.97 Å². The number of aromatic hydroxyl groups is 1. The number of carbonyl (C=O) groups is 1. The third-order valence-corrected chi connectivity index (χ3v) is 3.32. The van der Waals surface area contributed by atoms with Gasteiger partial charge < -0.3 is 19.7 Å². The molecule has 1 saturated carbocycles. The fourth-order valence-corrected chi connectivity index (χ4v) is 2.10. The van der Waals surface area contributed by atoms with Crippen LogP contribution in [0.3, 0.4) is 0 Å². The highest BCUT2D eigenvalue weighted by Gasteiger charge is 2.77. The van der Waals surface area contributed by atoms with Crippen molar-refractivity contribution in [1.82, 2.24) is 0 Å². The third-order valence-electron chi connectivity index (χ3n) is 3.32. The Morgan fingerprint density at radius 2 is 1.68 bits per heavy atom. The molecule has 19 heavy (non-hydrogen) atoms. The lowest BCUT2D eigenvalue weighted by molar-refractivity contribution is -0.142. The molecule has 1 aliphatic carbocycles. The lowest BCUT2D eigenvalue weighted by Crippen LogP contribution is -2.27. The minimum atomic E-state index is -3.33. The molecule has 5 nitrogen and oxygen atoms in total. The lowest BCUT2D eigenvalue weighted by Gasteiger charge is -2.16. The van der Waals surface area contributed by atoms with Crippen LogP contribution in [-0.4, -0.2) is 36.3 Å². The Kier molecular flexibility index (Phi) is 2.80. The van der Waals surface area contributed by atoms with Crippen molar-refractivity contribution in [2.75, 3.05) is 14.2 Å². The Morgan fingerprint density at radius 1 is 1.26 bits per heavy atom. The molecule has 0 saturated heterocycles. The molecule has 1 fully saturated rings. The number of phenolic OH excluding ortho intramolecular Hbond substituents is 1. The van der Waals surface area contributed by atoms with E-state index in [4.69, 9.17) is 14.6 Å². The maximum atomic E-state index is 13.4. The molecule has 0 aromatic heterocycles. The van der Waals surface area contributed by atoms with Crippen molar-refractivity contribution >= 4 is 5.97 Å². The minimum Gasteiger partial charge on any atom is -0.502 e. The van der Waals surface area contributed by atoms with Crippen molar-refractivity contribution in [3.63, 3.8) is 0 Å². The van der Waals surface area contributed by atoms with Crippen LogP contribution in [0.1, 0.15) is 12.0 Å². The van der Waals surface area contributed by atoms with Gasteiger partial charge in [-0.05, 0) is 17.7 Å². The van der Waals surface area contributed by atoms with Crippen LogP contribution in [0.4, 0.5) is 8.78 Å². The second-order valence-electron chi connectivity index (χ2n) is 4.32. The average molecular weight is 274 g/mol. The molecule has 0 bridgehead atoms. The van der Waals surface area contributed by atoms with E-state index in [1.54, 1.807) is 0 Å². The number of halogens is 2. The summed E-state index contributed by atoms with van der Waals surface area (Å²) >= 11 is 0. The van der Waals surface area contributed by atoms with Gasteiger partial charge in [0.15, 0.2) is 16.9 Å². The summed E-state index contributed by atoms with van der Waals surface area (Å²) < 4.78 is 36.5. The lowest BCUT2D eigenvalue weighted by atomic mass is 9.94. The zero-order valence-electron chi connectivity index (χ0n) is 10.2. The van der Waals surface area contributed by atoms with E-state index in [1.165, 1.54) is 14.2 Å². The first-order valence-corrected chi connectivity index (χ1v) is 5.37. The molecule has 1 aromatic rings. The second-order valence-corrected chi connectivity index (χ2v) is 4.32. The maximum absolute atomic E-state index is 13.4. The van der Waals surface area contributed by atoms with Gasteiger partial charge in [-0.1, -0.05) is 0 Å². The van der Waals surface area contributed by atoms with Gasteiger partial charge in [0.05, 0.1) is 14.2 Å². The summed E-state index contributed by atoms with van der Waals surface area (Å²) in [5.74, 6) is -5.54. The van der Waals surface area contributed by atoms with Crippen LogP contribution in [0.15, 0.2) is 12.1 Å². The highest BCUT2D eigenvalue weighted by atomic mass is 19.3. The molecule has 1 unspecified atom stereocenters. The average Bonchev–Trinajstić information content (AvgIpc) is 2.94. The molecule has 1 aliphatic rings. The van der Waals surface area contributed by atoms with Gasteiger partial charge in [0.2, 0.25) is 5.75 Å². The molecule has 104 valence electrons. The van der Waals surface area contributed by atoms with E-state index in [0.29, 0.717) is 0 Å². The van der Waals surface area contributed by atoms with Crippen LogP contribution in [0, 0.1) is 0 Å². The maximum Gasteiger partial charge on any atom is 0.320 e. The molecule has 0 aliphatic heterocycles. The van der Waals surface area contributed by atoms with E-state index >= 15 is 0 Å². The molecule has 7 heteroatoms. The number of aliphatic carboxylic acids is 1. The molecule has 0 radical (unpaired) electrons. The fourth-order valence-electron chi connectivity index (χ4n) is 2.10. The van der Waals surface area contributed by atoms with Gasteiger partial charge in [0.25, 0.3) is 5.92 Å². The number of phenols is 1. The molecule has 2 rings (SSSR count). The molecule has 1 atom stereocenters. The summed E-state index contributed by atoms with van der Waals surface area (Å²) in [5.41, 5.74) is -2.43. The predicted octanol–water partition coefficient (Wildman–Crippen LogP) is 1.77. The van der Waals surface area contributed by atoms with E-state index in [9.17, 15) is 18.7 Å². The number of carboxylic acid groups (broad SMARTS) is 1. The van der Waals surface area contributed by atoms with Gasteiger partial charge in [-0.25, -0.2) is 8.78 Å². The second kappa shape index (κ2) is 3.97. The standard InChI is InChI=1S/C12H12F2O5/c1-18-7-3-6(4-8(19-2)9(7)15)11(10(16)17)5-12(11,13)14/h3-4,15H,5H2,1-2H3,(H,16,17). The molecule has 1 aromatic carbocycles. The fraction of sp³-hybridized carbons (Fsp3) is 0.417. The zero-order chi connectivity index (χ0) is 14.4. The van der Waals surface area contributed by atoms with Crippen molar-refractivity contribution in [3.05, 3.63) is 17.7 Å². The number of methoxy groups -OCH3 is 2. The molecular formula is C12H12F2O5. The van der Waals surface area contributed by atoms with E-state index in [0.717, 1.165) is 12.1 Å². The SMILES string of the molecule is COc1cc(C2(C(=O)O)CC2(F)F)cc(OC)c1O. The summed E-state index contributed by atoms with van der Waals surface area (Å²) in [6, 6.07) is 2.18. The molecule has 0 heterocycles. The molecule has 0 amide bonds. The van der Waals surface area contributed by atoms with Gasteiger partial charge in [-0.2, -0.15) is 0 Å². The number of alkyl halides is 2. The van der Waals surface area contributed by atoms with Crippen LogP contribution in [-0.2, 0) is 10.2 Å². The number of ether oxygens (including phenoxy) is 2. The van der Waals surface area contributed by atoms with Crippen LogP contribution >= 0.6 is 0 Å². The van der Waals surface area contributed by atoms with Crippen molar-refractivity contribution in [2.45, 2.75) is 17.8 Å². The topological polar surface area (TPSA) is 76.0 Å². The van der Waals surface area contributed by atoms with Crippen molar-refractivity contribution < 1.29 is 33.3 Å². The van der Waals surface area contributed by atoms with E-state index in [1.807, 2.05) is 0 Å². The summed E-state index contributed by atoms with van der Waals surface area (Å²) in [6.07, 6.45) is -0.785. The number of rotatable bonds is 4. The van der Waals surface area contributed by atoms with Crippen LogP contribution in [0.5, 0.6) is 17.2 Å². The van der Waals surface area contributed by atoms with Crippen molar-refractivity contribution in [3.8, 4) is 17.2 Å². The number of hydrogen-bond acceptors (Lipinski definition) is 4. The molecular weight excluding hydrogens is 262 g/mol. The first-order valence-electron chi connectivity index (χ1n) is 5.37. The quantitative estimate of drug-likeness (QED) is 0.875. The van der Waals surface area contributed by atoms with E-state index in [-0.39, 0.29) is 22.8 Å². The van der Waals surface area contributed by atoms with Crippen molar-refractivity contribution in [1.29, 1.82) is 0 Å². The Morgan fingerprint density at radius 3 is 1.95 bits per heavy atom. The molecule has 0 spiro atoms. The first kappa shape index (κ1) is 13.4. The van der Waals surface area contributed by atoms with Gasteiger partial charge in [0, 0.05) is 6.42 Å². The summed E-state index contributed by atoms with van der Waals surface area (Å²) in [4.78, 5) is 11.2. The Labute approximate surface area is 107 Å². The van der Waals surface area contributed by atoms with Crippen LogP contribution in [0.25, 0.3) is 0 Å². The number of hydrogen-bond donors (Lipinski definition) is 2. The van der Waals surface area contributed by atoms with Gasteiger partial charge in [-0.3, -0.25) is 4.79 Å². The Hall–Kier alpha value is -2.05. The smallest absolute Gasteiger partial charge is 0.320 e. The zero-order valence-corrected chi connectivity index (χ0v) is 10.2. The first-order chi connectivity index (χ1) is 8.80. The van der Waals surface area contributed by atoms with Gasteiger partial charge in [0.1, 0.15) is 0 Å². The van der Waals surface area contributed by atoms with Crippen LogP contribution < -0.4 is 9.47 Å².